The minimum Gasteiger partial charge on any atom is -0.378 e. The quantitative estimate of drug-likeness (QED) is 0.535. The highest BCUT2D eigenvalue weighted by Gasteiger charge is 2.27. The minimum atomic E-state index is -3.51. The third-order valence-electron chi connectivity index (χ3n) is 5.18. The van der Waals surface area contributed by atoms with Crippen LogP contribution in [-0.2, 0) is 19.6 Å². The smallest absolute Gasteiger partial charge is 0.236 e. The molecule has 2 aliphatic heterocycles. The molecule has 0 aliphatic carbocycles. The van der Waals surface area contributed by atoms with E-state index in [0.29, 0.717) is 26.3 Å². The maximum Gasteiger partial charge on any atom is 0.236 e. The molecule has 0 spiro atoms. The first kappa shape index (κ1) is 23.2. The molecule has 1 aromatic carbocycles. The van der Waals surface area contributed by atoms with E-state index in [1.807, 2.05) is 30.3 Å². The molecular formula is C20H25N5O4S3. The van der Waals surface area contributed by atoms with Crippen molar-refractivity contribution in [3.8, 4) is 0 Å². The number of thioether (sulfide) groups is 1. The largest absolute Gasteiger partial charge is 0.378 e. The number of morpholine rings is 1. The number of amides is 1. The number of aromatic nitrogens is 2. The Morgan fingerprint density at radius 2 is 1.78 bits per heavy atom. The molecule has 172 valence electrons. The van der Waals surface area contributed by atoms with Gasteiger partial charge >= 0.3 is 0 Å². The summed E-state index contributed by atoms with van der Waals surface area (Å²) in [6.07, 6.45) is 1.59. The van der Waals surface area contributed by atoms with Crippen molar-refractivity contribution in [2.24, 2.45) is 0 Å². The van der Waals surface area contributed by atoms with E-state index in [-0.39, 0.29) is 24.7 Å². The van der Waals surface area contributed by atoms with Crippen LogP contribution in [0.4, 0.5) is 5.13 Å². The Kier molecular flexibility index (Phi) is 7.79. The summed E-state index contributed by atoms with van der Waals surface area (Å²) in [4.78, 5) is 16.4. The van der Waals surface area contributed by atoms with Crippen molar-refractivity contribution in [3.63, 3.8) is 0 Å². The number of hydrogen-bond donors (Lipinski definition) is 0. The number of nitrogens with zero attached hydrogens (tertiary/aromatic N) is 5. The number of sulfonamides is 1. The van der Waals surface area contributed by atoms with Gasteiger partial charge in [0, 0.05) is 44.7 Å². The lowest BCUT2D eigenvalue weighted by Crippen LogP contribution is -2.50. The standard InChI is InChI=1S/C20H25N5O4S3/c26-18(16-30-20-22-21-19(31-20)24-11-13-29-14-12-24)23-7-9-25(10-8-23)32(27,28)15-6-17-4-2-1-3-5-17/h1-6,15H,7-14,16H2/b15-6+. The topological polar surface area (TPSA) is 95.9 Å². The molecule has 0 radical (unpaired) electrons. The molecule has 0 N–H and O–H groups in total. The van der Waals surface area contributed by atoms with E-state index in [9.17, 15) is 13.2 Å². The highest BCUT2D eigenvalue weighted by molar-refractivity contribution is 8.01. The molecule has 4 rings (SSSR count). The van der Waals surface area contributed by atoms with Crippen LogP contribution in [0.15, 0.2) is 40.1 Å². The van der Waals surface area contributed by atoms with E-state index < -0.39 is 10.0 Å². The molecule has 1 aromatic heterocycles. The fourth-order valence-electron chi connectivity index (χ4n) is 3.36. The number of piperazine rings is 1. The maximum absolute atomic E-state index is 12.6. The van der Waals surface area contributed by atoms with Crippen LogP contribution >= 0.6 is 23.1 Å². The first-order valence-corrected chi connectivity index (χ1v) is 13.6. The van der Waals surface area contributed by atoms with Crippen LogP contribution in [-0.4, -0.2) is 92.0 Å². The van der Waals surface area contributed by atoms with Gasteiger partial charge in [0.1, 0.15) is 0 Å². The summed E-state index contributed by atoms with van der Waals surface area (Å²) >= 11 is 2.85. The Balaban J connectivity index is 1.24. The van der Waals surface area contributed by atoms with Gasteiger partial charge < -0.3 is 14.5 Å². The Hall–Kier alpha value is -1.99. The average Bonchev–Trinajstić information content (AvgIpc) is 3.32. The molecular weight excluding hydrogens is 470 g/mol. The van der Waals surface area contributed by atoms with Gasteiger partial charge in [0.15, 0.2) is 4.34 Å². The third-order valence-corrected chi connectivity index (χ3v) is 8.85. The third kappa shape index (κ3) is 6.07. The summed E-state index contributed by atoms with van der Waals surface area (Å²) < 4.78 is 32.7. The van der Waals surface area contributed by atoms with Gasteiger partial charge in [0.2, 0.25) is 21.1 Å². The zero-order chi connectivity index (χ0) is 22.4. The summed E-state index contributed by atoms with van der Waals surface area (Å²) in [6, 6.07) is 9.30. The summed E-state index contributed by atoms with van der Waals surface area (Å²) in [6.45, 7) is 4.31. The number of hydrogen-bond acceptors (Lipinski definition) is 9. The summed E-state index contributed by atoms with van der Waals surface area (Å²) in [5, 5.41) is 10.5. The van der Waals surface area contributed by atoms with Gasteiger partial charge in [-0.3, -0.25) is 4.79 Å². The maximum atomic E-state index is 12.6. The molecule has 0 saturated carbocycles. The van der Waals surface area contributed by atoms with Crippen molar-refractivity contribution in [1.82, 2.24) is 19.4 Å². The molecule has 2 saturated heterocycles. The van der Waals surface area contributed by atoms with Crippen LogP contribution in [0.2, 0.25) is 0 Å². The average molecular weight is 496 g/mol. The number of carbonyl (C=O) groups excluding carboxylic acids is 1. The molecule has 1 amide bonds. The SMILES string of the molecule is O=C(CSc1nnc(N2CCOCC2)s1)N1CCN(S(=O)(=O)/C=C/c2ccccc2)CC1. The van der Waals surface area contributed by atoms with E-state index in [2.05, 4.69) is 15.1 Å². The minimum absolute atomic E-state index is 0.0185. The molecule has 2 aromatic rings. The number of ether oxygens (including phenoxy) is 1. The van der Waals surface area contributed by atoms with Gasteiger partial charge in [-0.25, -0.2) is 8.42 Å². The first-order chi connectivity index (χ1) is 15.5. The Labute approximate surface area is 196 Å². The molecule has 9 nitrogen and oxygen atoms in total. The normalized spacial score (nSPS) is 18.4. The lowest BCUT2D eigenvalue weighted by molar-refractivity contribution is -0.129. The molecule has 0 bridgehead atoms. The molecule has 12 heteroatoms. The van der Waals surface area contributed by atoms with E-state index in [1.165, 1.54) is 32.8 Å². The second-order valence-electron chi connectivity index (χ2n) is 7.28. The lowest BCUT2D eigenvalue weighted by atomic mass is 10.2. The van der Waals surface area contributed by atoms with Crippen LogP contribution in [0.1, 0.15) is 5.56 Å². The zero-order valence-corrected chi connectivity index (χ0v) is 19.9. The Morgan fingerprint density at radius 1 is 1.06 bits per heavy atom. The fourth-order valence-corrected chi connectivity index (χ4v) is 6.33. The van der Waals surface area contributed by atoms with Crippen molar-refractivity contribution in [2.45, 2.75) is 4.34 Å². The van der Waals surface area contributed by atoms with E-state index in [0.717, 1.165) is 28.1 Å². The predicted molar refractivity (Wildman–Crippen MR) is 126 cm³/mol. The van der Waals surface area contributed by atoms with Gasteiger partial charge in [0.05, 0.1) is 19.0 Å². The molecule has 0 unspecified atom stereocenters. The highest BCUT2D eigenvalue weighted by Crippen LogP contribution is 2.28. The van der Waals surface area contributed by atoms with Gasteiger partial charge in [-0.15, -0.1) is 10.2 Å². The second-order valence-corrected chi connectivity index (χ2v) is 11.3. The fraction of sp³-hybridized carbons (Fsp3) is 0.450. The van der Waals surface area contributed by atoms with Gasteiger partial charge in [-0.05, 0) is 11.6 Å². The lowest BCUT2D eigenvalue weighted by Gasteiger charge is -2.33. The number of anilines is 1. The second kappa shape index (κ2) is 10.8. The van der Waals surface area contributed by atoms with Crippen LogP contribution in [0, 0.1) is 0 Å². The van der Waals surface area contributed by atoms with Crippen LogP contribution in [0.25, 0.3) is 6.08 Å². The number of benzene rings is 1. The highest BCUT2D eigenvalue weighted by atomic mass is 32.2. The summed E-state index contributed by atoms with van der Waals surface area (Å²) in [5.74, 6) is 0.244. The summed E-state index contributed by atoms with van der Waals surface area (Å²) in [7, 11) is -3.51. The van der Waals surface area contributed by atoms with Crippen molar-refractivity contribution in [1.29, 1.82) is 0 Å². The van der Waals surface area contributed by atoms with Crippen molar-refractivity contribution in [2.75, 3.05) is 63.1 Å². The van der Waals surface area contributed by atoms with Crippen molar-refractivity contribution in [3.05, 3.63) is 41.3 Å². The van der Waals surface area contributed by atoms with E-state index in [1.54, 1.807) is 11.0 Å². The first-order valence-electron chi connectivity index (χ1n) is 10.3. The molecule has 3 heterocycles. The van der Waals surface area contributed by atoms with Crippen LogP contribution in [0.3, 0.4) is 0 Å². The van der Waals surface area contributed by atoms with E-state index in [4.69, 9.17) is 4.74 Å². The monoisotopic (exact) mass is 495 g/mol. The van der Waals surface area contributed by atoms with Gasteiger partial charge in [-0.1, -0.05) is 53.4 Å². The molecule has 2 aliphatic rings. The van der Waals surface area contributed by atoms with Gasteiger partial charge in [0.25, 0.3) is 0 Å². The Morgan fingerprint density at radius 3 is 2.50 bits per heavy atom. The molecule has 0 atom stereocenters. The predicted octanol–water partition coefficient (Wildman–Crippen LogP) is 1.61. The van der Waals surface area contributed by atoms with Crippen molar-refractivity contribution < 1.29 is 17.9 Å². The Bertz CT molecular complexity index is 1030. The number of carbonyl (C=O) groups is 1. The zero-order valence-electron chi connectivity index (χ0n) is 17.5. The van der Waals surface area contributed by atoms with Crippen LogP contribution < -0.4 is 4.90 Å². The molecule has 32 heavy (non-hydrogen) atoms. The van der Waals surface area contributed by atoms with Crippen molar-refractivity contribution >= 4 is 50.2 Å². The van der Waals surface area contributed by atoms with E-state index >= 15 is 0 Å². The van der Waals surface area contributed by atoms with Crippen LogP contribution in [0.5, 0.6) is 0 Å². The molecule has 2 fully saturated rings. The van der Waals surface area contributed by atoms with Gasteiger partial charge in [-0.2, -0.15) is 4.31 Å². The summed E-state index contributed by atoms with van der Waals surface area (Å²) in [5.41, 5.74) is 0.829. The number of rotatable bonds is 7.